The van der Waals surface area contributed by atoms with Crippen LogP contribution in [0, 0.1) is 25.7 Å². The summed E-state index contributed by atoms with van der Waals surface area (Å²) < 4.78 is 1.75. The number of benzene rings is 1. The number of amides is 1. The number of aromatic nitrogens is 4. The molecule has 3 rings (SSSR count). The quantitative estimate of drug-likeness (QED) is 0.770. The highest BCUT2D eigenvalue weighted by Gasteiger charge is 2.29. The molecule has 2 heterocycles. The Hall–Kier alpha value is -1.89. The number of para-hydroxylation sites is 1. The van der Waals surface area contributed by atoms with E-state index in [-0.39, 0.29) is 11.2 Å². The molecule has 1 aliphatic rings. The van der Waals surface area contributed by atoms with Gasteiger partial charge in [-0.2, -0.15) is 4.68 Å². The number of thioether (sulfide) groups is 1. The Morgan fingerprint density at radius 1 is 1.19 bits per heavy atom. The predicted molar refractivity (Wildman–Crippen MR) is 103 cm³/mol. The van der Waals surface area contributed by atoms with Gasteiger partial charge in [-0.1, -0.05) is 43.8 Å². The van der Waals surface area contributed by atoms with Gasteiger partial charge in [0.05, 0.1) is 10.9 Å². The number of carbonyl (C=O) groups excluding carboxylic acids is 1. The van der Waals surface area contributed by atoms with Crippen molar-refractivity contribution in [2.45, 2.75) is 51.4 Å². The molecular formula is C19H27N5OS. The average molecular weight is 374 g/mol. The van der Waals surface area contributed by atoms with Gasteiger partial charge in [0, 0.05) is 13.1 Å². The second-order valence-electron chi connectivity index (χ2n) is 7.56. The maximum absolute atomic E-state index is 12.9. The van der Waals surface area contributed by atoms with Gasteiger partial charge in [-0.25, -0.2) is 0 Å². The van der Waals surface area contributed by atoms with Gasteiger partial charge in [-0.3, -0.25) is 4.79 Å². The predicted octanol–water partition coefficient (Wildman–Crippen LogP) is 3.26. The van der Waals surface area contributed by atoms with Crippen LogP contribution in [-0.4, -0.2) is 49.4 Å². The van der Waals surface area contributed by atoms with Crippen LogP contribution in [0.15, 0.2) is 23.4 Å². The zero-order valence-corrected chi connectivity index (χ0v) is 17.0. The topological polar surface area (TPSA) is 63.9 Å². The number of likely N-dealkylation sites (tertiary alicyclic amines) is 1. The zero-order valence-electron chi connectivity index (χ0n) is 16.1. The molecule has 0 N–H and O–H groups in total. The summed E-state index contributed by atoms with van der Waals surface area (Å²) in [4.78, 5) is 14.9. The Labute approximate surface area is 159 Å². The molecular weight excluding hydrogens is 346 g/mol. The molecule has 1 amide bonds. The normalized spacial score (nSPS) is 21.7. The summed E-state index contributed by atoms with van der Waals surface area (Å²) >= 11 is 1.43. The minimum atomic E-state index is -0.221. The highest BCUT2D eigenvalue weighted by molar-refractivity contribution is 8.00. The molecule has 2 aromatic rings. The second-order valence-corrected chi connectivity index (χ2v) is 8.87. The second kappa shape index (κ2) is 7.78. The summed E-state index contributed by atoms with van der Waals surface area (Å²) in [5, 5.41) is 12.6. The van der Waals surface area contributed by atoms with Gasteiger partial charge in [0.1, 0.15) is 0 Å². The van der Waals surface area contributed by atoms with Gasteiger partial charge in [0.15, 0.2) is 0 Å². The van der Waals surface area contributed by atoms with E-state index < -0.39 is 0 Å². The van der Waals surface area contributed by atoms with E-state index in [9.17, 15) is 4.79 Å². The third-order valence-electron chi connectivity index (χ3n) is 4.90. The molecule has 1 aliphatic heterocycles. The molecule has 0 saturated carbocycles. The average Bonchev–Trinajstić information content (AvgIpc) is 3.01. The molecule has 1 saturated heterocycles. The first kappa shape index (κ1) is 18.9. The van der Waals surface area contributed by atoms with Crippen LogP contribution in [0.25, 0.3) is 5.69 Å². The lowest BCUT2D eigenvalue weighted by Crippen LogP contribution is -2.45. The van der Waals surface area contributed by atoms with Crippen LogP contribution in [0.1, 0.15) is 38.3 Å². The van der Waals surface area contributed by atoms with Crippen molar-refractivity contribution in [2.24, 2.45) is 11.8 Å². The van der Waals surface area contributed by atoms with Crippen LogP contribution in [0.2, 0.25) is 0 Å². The summed E-state index contributed by atoms with van der Waals surface area (Å²) in [7, 11) is 0. The SMILES string of the molecule is Cc1cccc(C)c1-n1nnnc1S[C@@H](C)C(=O)N1C[C@H](C)C[C@H](C)C1. The Bertz CT molecular complexity index is 760. The van der Waals surface area contributed by atoms with E-state index >= 15 is 0 Å². The van der Waals surface area contributed by atoms with E-state index in [4.69, 9.17) is 0 Å². The number of hydrogen-bond acceptors (Lipinski definition) is 5. The van der Waals surface area contributed by atoms with Gasteiger partial charge < -0.3 is 4.90 Å². The molecule has 0 unspecified atom stereocenters. The van der Waals surface area contributed by atoms with Crippen molar-refractivity contribution < 1.29 is 4.79 Å². The Kier molecular flexibility index (Phi) is 5.65. The Morgan fingerprint density at radius 2 is 1.81 bits per heavy atom. The van der Waals surface area contributed by atoms with Gasteiger partial charge in [0.25, 0.3) is 0 Å². The van der Waals surface area contributed by atoms with Crippen LogP contribution in [0.4, 0.5) is 0 Å². The first-order chi connectivity index (χ1) is 12.4. The van der Waals surface area contributed by atoms with Gasteiger partial charge in [0.2, 0.25) is 11.1 Å². The van der Waals surface area contributed by atoms with Crippen LogP contribution in [0.5, 0.6) is 0 Å². The van der Waals surface area contributed by atoms with Gasteiger partial charge in [-0.05, 0) is 60.6 Å². The summed E-state index contributed by atoms with van der Waals surface area (Å²) in [6, 6.07) is 6.11. The van der Waals surface area contributed by atoms with Crippen molar-refractivity contribution in [3.05, 3.63) is 29.3 Å². The summed E-state index contributed by atoms with van der Waals surface area (Å²) in [6.07, 6.45) is 1.19. The van der Waals surface area contributed by atoms with E-state index in [1.807, 2.05) is 43.9 Å². The number of nitrogens with zero attached hydrogens (tertiary/aromatic N) is 5. The van der Waals surface area contributed by atoms with E-state index in [1.165, 1.54) is 18.2 Å². The lowest BCUT2D eigenvalue weighted by atomic mass is 9.92. The van der Waals surface area contributed by atoms with Crippen molar-refractivity contribution in [3.63, 3.8) is 0 Å². The fourth-order valence-corrected chi connectivity index (χ4v) is 4.72. The van der Waals surface area contributed by atoms with Crippen LogP contribution in [-0.2, 0) is 4.79 Å². The van der Waals surface area contributed by atoms with Crippen molar-refractivity contribution in [2.75, 3.05) is 13.1 Å². The van der Waals surface area contributed by atoms with Crippen molar-refractivity contribution in [1.29, 1.82) is 0 Å². The number of hydrogen-bond donors (Lipinski definition) is 0. The molecule has 1 aromatic carbocycles. The highest BCUT2D eigenvalue weighted by Crippen LogP contribution is 2.29. The van der Waals surface area contributed by atoms with Crippen LogP contribution >= 0.6 is 11.8 Å². The summed E-state index contributed by atoms with van der Waals surface area (Å²) in [5.41, 5.74) is 3.20. The van der Waals surface area contributed by atoms with E-state index in [2.05, 4.69) is 29.4 Å². The molecule has 0 radical (unpaired) electrons. The molecule has 0 spiro atoms. The number of piperidine rings is 1. The fraction of sp³-hybridized carbons (Fsp3) is 0.579. The van der Waals surface area contributed by atoms with Gasteiger partial charge in [-0.15, -0.1) is 5.10 Å². The van der Waals surface area contributed by atoms with Crippen molar-refractivity contribution in [3.8, 4) is 5.69 Å². The van der Waals surface area contributed by atoms with Crippen molar-refractivity contribution >= 4 is 17.7 Å². The van der Waals surface area contributed by atoms with Crippen molar-refractivity contribution in [1.82, 2.24) is 25.1 Å². The Morgan fingerprint density at radius 3 is 2.42 bits per heavy atom. The fourth-order valence-electron chi connectivity index (χ4n) is 3.84. The largest absolute Gasteiger partial charge is 0.341 e. The first-order valence-electron chi connectivity index (χ1n) is 9.17. The van der Waals surface area contributed by atoms with E-state index in [1.54, 1.807) is 4.68 Å². The number of tetrazole rings is 1. The zero-order chi connectivity index (χ0) is 18.8. The van der Waals surface area contributed by atoms with Crippen LogP contribution < -0.4 is 0 Å². The first-order valence-corrected chi connectivity index (χ1v) is 10.0. The maximum atomic E-state index is 12.9. The minimum Gasteiger partial charge on any atom is -0.341 e. The summed E-state index contributed by atoms with van der Waals surface area (Å²) in [6.45, 7) is 12.2. The third-order valence-corrected chi connectivity index (χ3v) is 5.92. The molecule has 0 aliphatic carbocycles. The Balaban J connectivity index is 1.78. The van der Waals surface area contributed by atoms with Crippen LogP contribution in [0.3, 0.4) is 0 Å². The number of rotatable bonds is 4. The highest BCUT2D eigenvalue weighted by atomic mass is 32.2. The molecule has 1 fully saturated rings. The smallest absolute Gasteiger partial charge is 0.235 e. The van der Waals surface area contributed by atoms with E-state index in [0.717, 1.165) is 29.9 Å². The minimum absolute atomic E-state index is 0.171. The molecule has 1 aromatic heterocycles. The molecule has 140 valence electrons. The standard InChI is InChI=1S/C19H27N5OS/c1-12-9-13(2)11-23(10-12)18(25)16(5)26-19-20-21-22-24(19)17-14(3)7-6-8-15(17)4/h6-8,12-13,16H,9-11H2,1-5H3/t12-,13+,16-/m0/s1. The third kappa shape index (κ3) is 3.92. The lowest BCUT2D eigenvalue weighted by molar-refractivity contribution is -0.132. The molecule has 6 nitrogen and oxygen atoms in total. The molecule has 26 heavy (non-hydrogen) atoms. The molecule has 7 heteroatoms. The maximum Gasteiger partial charge on any atom is 0.235 e. The van der Waals surface area contributed by atoms with E-state index in [0.29, 0.717) is 17.0 Å². The number of aryl methyl sites for hydroxylation is 2. The van der Waals surface area contributed by atoms with Gasteiger partial charge >= 0.3 is 0 Å². The number of carbonyl (C=O) groups is 1. The molecule has 0 bridgehead atoms. The lowest BCUT2D eigenvalue weighted by Gasteiger charge is -2.36. The monoisotopic (exact) mass is 373 g/mol. The molecule has 3 atom stereocenters. The summed E-state index contributed by atoms with van der Waals surface area (Å²) in [5.74, 6) is 1.28.